The lowest BCUT2D eigenvalue weighted by atomic mass is 10.2. The van der Waals surface area contributed by atoms with Crippen molar-refractivity contribution in [3.63, 3.8) is 0 Å². The van der Waals surface area contributed by atoms with Crippen LogP contribution in [0.15, 0.2) is 59.0 Å². The van der Waals surface area contributed by atoms with Crippen LogP contribution in [0.2, 0.25) is 0 Å². The van der Waals surface area contributed by atoms with Crippen LogP contribution in [0.25, 0.3) is 11.0 Å². The first-order valence-corrected chi connectivity index (χ1v) is 9.67. The molecule has 30 heavy (non-hydrogen) atoms. The van der Waals surface area contributed by atoms with Gasteiger partial charge in [-0.1, -0.05) is 37.6 Å². The molecule has 0 saturated heterocycles. The quantitative estimate of drug-likeness (QED) is 0.506. The van der Waals surface area contributed by atoms with Gasteiger partial charge in [-0.15, -0.1) is 0 Å². The molecule has 0 aliphatic rings. The molecule has 8 heteroatoms. The molecule has 160 valence electrons. The molecule has 0 bridgehead atoms. The van der Waals surface area contributed by atoms with Crippen molar-refractivity contribution in [2.45, 2.75) is 32.0 Å². The van der Waals surface area contributed by atoms with Crippen molar-refractivity contribution in [3.8, 4) is 0 Å². The van der Waals surface area contributed by atoms with Gasteiger partial charge < -0.3 is 19.7 Å². The Morgan fingerprint density at radius 1 is 1.17 bits per heavy atom. The number of rotatable bonds is 7. The van der Waals surface area contributed by atoms with Crippen molar-refractivity contribution >= 4 is 22.7 Å². The Hall–Kier alpha value is -3.00. The van der Waals surface area contributed by atoms with Gasteiger partial charge in [-0.3, -0.25) is 0 Å². The maximum Gasteiger partial charge on any atom is 0.416 e. The second kappa shape index (κ2) is 9.21. The number of amides is 2. The average molecular weight is 420 g/mol. The first-order valence-electron chi connectivity index (χ1n) is 9.67. The summed E-state index contributed by atoms with van der Waals surface area (Å²) in [6.45, 7) is 2.25. The van der Waals surface area contributed by atoms with Crippen LogP contribution in [0.3, 0.4) is 0 Å². The van der Waals surface area contributed by atoms with Gasteiger partial charge in [0.1, 0.15) is 17.4 Å². The number of hydrogen-bond donors (Lipinski definition) is 2. The summed E-state index contributed by atoms with van der Waals surface area (Å²) < 4.78 is 44.4. The second-order valence-corrected chi connectivity index (χ2v) is 7.01. The molecule has 0 saturated carbocycles. The number of alkyl halides is 3. The van der Waals surface area contributed by atoms with Crippen molar-refractivity contribution < 1.29 is 27.5 Å². The fraction of sp³-hybridized carbons (Fsp3) is 0.318. The zero-order valence-corrected chi connectivity index (χ0v) is 16.4. The zero-order valence-electron chi connectivity index (χ0n) is 16.4. The summed E-state index contributed by atoms with van der Waals surface area (Å²) in [5.41, 5.74) is -0.183. The highest BCUT2D eigenvalue weighted by Gasteiger charge is 2.30. The molecule has 1 atom stereocenters. The fourth-order valence-corrected chi connectivity index (χ4v) is 3.07. The van der Waals surface area contributed by atoms with Gasteiger partial charge in [0.05, 0.1) is 12.1 Å². The van der Waals surface area contributed by atoms with E-state index in [1.807, 2.05) is 25.1 Å². The molecule has 0 radical (unpaired) electrons. The van der Waals surface area contributed by atoms with E-state index in [1.54, 1.807) is 12.1 Å². The molecule has 5 nitrogen and oxygen atoms in total. The zero-order chi connectivity index (χ0) is 21.7. The Kier molecular flexibility index (Phi) is 6.66. The number of hydrogen-bond acceptors (Lipinski definition) is 3. The largest absolute Gasteiger partial charge is 0.458 e. The third-order valence-electron chi connectivity index (χ3n) is 4.68. The maximum atomic E-state index is 12.9. The van der Waals surface area contributed by atoms with E-state index in [2.05, 4.69) is 5.32 Å². The number of nitrogens with zero attached hydrogens (tertiary/aromatic N) is 1. The predicted molar refractivity (Wildman–Crippen MR) is 108 cm³/mol. The Morgan fingerprint density at radius 2 is 1.93 bits per heavy atom. The third-order valence-corrected chi connectivity index (χ3v) is 4.68. The van der Waals surface area contributed by atoms with E-state index < -0.39 is 23.9 Å². The number of furan rings is 1. The molecule has 3 rings (SSSR count). The van der Waals surface area contributed by atoms with Crippen molar-refractivity contribution in [2.24, 2.45) is 0 Å². The molecule has 3 aromatic rings. The van der Waals surface area contributed by atoms with E-state index >= 15 is 0 Å². The van der Waals surface area contributed by atoms with Crippen LogP contribution >= 0.6 is 0 Å². The van der Waals surface area contributed by atoms with Crippen LogP contribution in [0.4, 0.5) is 23.7 Å². The summed E-state index contributed by atoms with van der Waals surface area (Å²) in [6.07, 6.45) is -4.07. The summed E-state index contributed by atoms with van der Waals surface area (Å²) in [4.78, 5) is 14.1. The van der Waals surface area contributed by atoms with Gasteiger partial charge in [0, 0.05) is 17.6 Å². The molecule has 1 aromatic heterocycles. The van der Waals surface area contributed by atoms with Crippen molar-refractivity contribution in [1.82, 2.24) is 4.90 Å². The Bertz CT molecular complexity index is 967. The Balaban J connectivity index is 1.73. The van der Waals surface area contributed by atoms with Crippen LogP contribution in [0.5, 0.6) is 0 Å². The SMILES string of the molecule is CCCCN(C[C@H](O)c1cc2ccccc2o1)C(=O)Nc1cccc(C(F)(F)F)c1. The first kappa shape index (κ1) is 21.7. The number of benzene rings is 2. The van der Waals surface area contributed by atoms with Crippen LogP contribution in [-0.4, -0.2) is 29.1 Å². The van der Waals surface area contributed by atoms with Gasteiger partial charge in [-0.25, -0.2) is 4.79 Å². The molecule has 0 fully saturated rings. The smallest absolute Gasteiger partial charge is 0.416 e. The number of para-hydroxylation sites is 1. The molecule has 0 unspecified atom stereocenters. The van der Waals surface area contributed by atoms with Gasteiger partial charge in [0.15, 0.2) is 0 Å². The summed E-state index contributed by atoms with van der Waals surface area (Å²) in [7, 11) is 0. The number of nitrogens with one attached hydrogen (secondary N) is 1. The molecule has 0 aliphatic carbocycles. The van der Waals surface area contributed by atoms with Gasteiger partial charge >= 0.3 is 12.2 Å². The summed E-state index contributed by atoms with van der Waals surface area (Å²) in [5, 5.41) is 13.9. The number of anilines is 1. The Labute approximate surface area is 172 Å². The monoisotopic (exact) mass is 420 g/mol. The minimum atomic E-state index is -4.50. The third kappa shape index (κ3) is 5.33. The van der Waals surface area contributed by atoms with Crippen LogP contribution < -0.4 is 5.32 Å². The number of aliphatic hydroxyl groups is 1. The predicted octanol–water partition coefficient (Wildman–Crippen LogP) is 5.82. The minimum absolute atomic E-state index is 0.0366. The Morgan fingerprint density at radius 3 is 2.63 bits per heavy atom. The average Bonchev–Trinajstić information content (AvgIpc) is 3.15. The summed E-state index contributed by atoms with van der Waals surface area (Å²) in [5.74, 6) is 0.324. The lowest BCUT2D eigenvalue weighted by Gasteiger charge is -2.25. The first-order chi connectivity index (χ1) is 14.3. The fourth-order valence-electron chi connectivity index (χ4n) is 3.07. The molecular formula is C22H23F3N2O3. The van der Waals surface area contributed by atoms with E-state index in [0.717, 1.165) is 23.9 Å². The standard InChI is InChI=1S/C22H23F3N2O3/c1-2-3-11-27(14-18(28)20-12-15-7-4-5-10-19(15)30-20)21(29)26-17-9-6-8-16(13-17)22(23,24)25/h4-10,12-13,18,28H,2-3,11,14H2,1H3,(H,26,29)/t18-/m0/s1. The van der Waals surface area contributed by atoms with E-state index in [0.29, 0.717) is 24.3 Å². The van der Waals surface area contributed by atoms with Gasteiger partial charge in [-0.2, -0.15) is 13.2 Å². The van der Waals surface area contributed by atoms with E-state index in [-0.39, 0.29) is 12.2 Å². The molecular weight excluding hydrogens is 397 g/mol. The lowest BCUT2D eigenvalue weighted by molar-refractivity contribution is -0.137. The normalized spacial score (nSPS) is 12.7. The number of aliphatic hydroxyl groups excluding tert-OH is 1. The van der Waals surface area contributed by atoms with Crippen LogP contribution in [0, 0.1) is 0 Å². The molecule has 0 aliphatic heterocycles. The number of halogens is 3. The van der Waals surface area contributed by atoms with E-state index in [4.69, 9.17) is 4.42 Å². The second-order valence-electron chi connectivity index (χ2n) is 7.01. The summed E-state index contributed by atoms with van der Waals surface area (Å²) >= 11 is 0. The highest BCUT2D eigenvalue weighted by atomic mass is 19.4. The molecule has 1 heterocycles. The van der Waals surface area contributed by atoms with Crippen LogP contribution in [0.1, 0.15) is 37.2 Å². The topological polar surface area (TPSA) is 65.7 Å². The number of urea groups is 1. The van der Waals surface area contributed by atoms with E-state index in [9.17, 15) is 23.1 Å². The van der Waals surface area contributed by atoms with Crippen LogP contribution in [-0.2, 0) is 6.18 Å². The van der Waals surface area contributed by atoms with Gasteiger partial charge in [0.2, 0.25) is 0 Å². The number of carbonyl (C=O) groups excluding carboxylic acids is 1. The lowest BCUT2D eigenvalue weighted by Crippen LogP contribution is -2.38. The van der Waals surface area contributed by atoms with Gasteiger partial charge in [0.25, 0.3) is 0 Å². The highest BCUT2D eigenvalue weighted by molar-refractivity contribution is 5.89. The molecule has 2 aromatic carbocycles. The molecule has 2 N–H and O–H groups in total. The van der Waals surface area contributed by atoms with E-state index in [1.165, 1.54) is 17.0 Å². The molecule has 0 spiro atoms. The minimum Gasteiger partial charge on any atom is -0.458 e. The number of unbranched alkanes of at least 4 members (excludes halogenated alkanes) is 1. The van der Waals surface area contributed by atoms with Gasteiger partial charge in [-0.05, 0) is 36.8 Å². The highest BCUT2D eigenvalue weighted by Crippen LogP contribution is 2.31. The molecule has 2 amide bonds. The summed E-state index contributed by atoms with van der Waals surface area (Å²) in [6, 6.07) is 12.9. The number of carbonyl (C=O) groups is 1. The van der Waals surface area contributed by atoms with Crippen molar-refractivity contribution in [3.05, 3.63) is 65.9 Å². The maximum absolute atomic E-state index is 12.9. The van der Waals surface area contributed by atoms with Crippen molar-refractivity contribution in [1.29, 1.82) is 0 Å². The number of fused-ring (bicyclic) bond motifs is 1. The van der Waals surface area contributed by atoms with Crippen molar-refractivity contribution in [2.75, 3.05) is 18.4 Å².